The molecule has 2 aliphatic rings. The molecule has 70 heavy (non-hydrogen) atoms. The molecule has 0 N–H and O–H groups in total. The van der Waals surface area contributed by atoms with E-state index in [0.29, 0.717) is 0 Å². The van der Waals surface area contributed by atoms with Crippen LogP contribution in [0.2, 0.25) is 0 Å². The Morgan fingerprint density at radius 2 is 0.857 bits per heavy atom. The molecule has 0 amide bonds. The summed E-state index contributed by atoms with van der Waals surface area (Å²) in [5.41, 5.74) is 24.2. The van der Waals surface area contributed by atoms with Gasteiger partial charge in [-0.1, -0.05) is 153 Å². The van der Waals surface area contributed by atoms with E-state index in [1.165, 1.54) is 116 Å². The molecule has 11 aromatic carbocycles. The topological polar surface area (TPSA) is 23.0 Å². The molecule has 16 rings (SSSR count). The highest BCUT2D eigenvalue weighted by Gasteiger charge is 2.36. The third-order valence-electron chi connectivity index (χ3n) is 16.1. The Morgan fingerprint density at radius 3 is 1.61 bits per heavy atom. The van der Waals surface area contributed by atoms with E-state index >= 15 is 0 Å². The third kappa shape index (κ3) is 5.03. The number of aromatic nitrogens is 2. The van der Waals surface area contributed by atoms with E-state index in [4.69, 9.17) is 4.42 Å². The summed E-state index contributed by atoms with van der Waals surface area (Å²) in [6.07, 6.45) is 0. The molecule has 3 heterocycles. The summed E-state index contributed by atoms with van der Waals surface area (Å²) < 4.78 is 11.3. The zero-order chi connectivity index (χ0) is 46.0. The lowest BCUT2D eigenvalue weighted by Crippen LogP contribution is -2.14. The maximum absolute atomic E-state index is 6.46. The minimum absolute atomic E-state index is 0.130. The van der Waals surface area contributed by atoms with Gasteiger partial charge in [-0.2, -0.15) is 0 Å². The van der Waals surface area contributed by atoms with Gasteiger partial charge in [-0.3, -0.25) is 0 Å². The van der Waals surface area contributed by atoms with E-state index in [2.05, 4.69) is 235 Å². The minimum atomic E-state index is -0.130. The Labute approximate surface area is 403 Å². The van der Waals surface area contributed by atoms with E-state index in [-0.39, 0.29) is 5.41 Å². The first-order chi connectivity index (χ1) is 34.5. The minimum Gasteiger partial charge on any atom is -0.456 e. The number of fused-ring (bicyclic) bond motifs is 15. The molecular formula is C67H42N2O. The summed E-state index contributed by atoms with van der Waals surface area (Å²) in [6.45, 7) is 4.76. The first-order valence-electron chi connectivity index (χ1n) is 24.4. The maximum Gasteiger partial charge on any atom is 0.137 e. The number of nitrogens with zero attached hydrogens (tertiary/aromatic N) is 2. The van der Waals surface area contributed by atoms with Gasteiger partial charge < -0.3 is 13.6 Å². The SMILES string of the molecule is CC1(C)c2ccccc2-c2cc3c4cc(-c5ccc6c(c5)c5cc7c(cc5n6-c5ccccc5)oc5ccccc57)ccc4n(-c4ccc(-c5ccc6c7c(cccc57)-c5ccccc5-6)cc4)c3cc21. The van der Waals surface area contributed by atoms with Gasteiger partial charge in [-0.25, -0.2) is 0 Å². The van der Waals surface area contributed by atoms with Crippen molar-refractivity contribution >= 4 is 76.3 Å². The van der Waals surface area contributed by atoms with Crippen molar-refractivity contribution in [2.45, 2.75) is 19.3 Å². The van der Waals surface area contributed by atoms with Gasteiger partial charge in [-0.15, -0.1) is 0 Å². The van der Waals surface area contributed by atoms with Crippen LogP contribution in [0.5, 0.6) is 0 Å². The lowest BCUT2D eigenvalue weighted by atomic mass is 9.82. The number of hydrogen-bond donors (Lipinski definition) is 0. The number of para-hydroxylation sites is 2. The van der Waals surface area contributed by atoms with Crippen LogP contribution in [0, 0.1) is 0 Å². The molecule has 3 heteroatoms. The highest BCUT2D eigenvalue weighted by molar-refractivity contribution is 6.20. The van der Waals surface area contributed by atoms with Crippen LogP contribution in [-0.4, -0.2) is 9.13 Å². The van der Waals surface area contributed by atoms with Crippen molar-refractivity contribution in [2.24, 2.45) is 0 Å². The molecule has 0 radical (unpaired) electrons. The van der Waals surface area contributed by atoms with Gasteiger partial charge in [0, 0.05) is 55.2 Å². The van der Waals surface area contributed by atoms with Gasteiger partial charge in [0.15, 0.2) is 0 Å². The molecule has 0 atom stereocenters. The zero-order valence-corrected chi connectivity index (χ0v) is 38.6. The van der Waals surface area contributed by atoms with Crippen LogP contribution >= 0.6 is 0 Å². The lowest BCUT2D eigenvalue weighted by Gasteiger charge is -2.21. The molecule has 0 unspecified atom stereocenters. The normalized spacial score (nSPS) is 13.4. The molecule has 3 aromatic heterocycles. The van der Waals surface area contributed by atoms with Gasteiger partial charge in [0.25, 0.3) is 0 Å². The molecule has 0 spiro atoms. The van der Waals surface area contributed by atoms with Crippen molar-refractivity contribution in [1.82, 2.24) is 9.13 Å². The molecule has 0 saturated carbocycles. The van der Waals surface area contributed by atoms with Gasteiger partial charge in [-0.05, 0) is 150 Å². The Bertz CT molecular complexity index is 4570. The van der Waals surface area contributed by atoms with E-state index in [1.807, 2.05) is 6.07 Å². The van der Waals surface area contributed by atoms with E-state index in [1.54, 1.807) is 0 Å². The number of benzene rings is 11. The van der Waals surface area contributed by atoms with Crippen LogP contribution in [0.3, 0.4) is 0 Å². The highest BCUT2D eigenvalue weighted by Crippen LogP contribution is 2.52. The predicted molar refractivity (Wildman–Crippen MR) is 293 cm³/mol. The van der Waals surface area contributed by atoms with Gasteiger partial charge in [0.2, 0.25) is 0 Å². The molecule has 2 aliphatic carbocycles. The van der Waals surface area contributed by atoms with Crippen LogP contribution in [0.15, 0.2) is 223 Å². The van der Waals surface area contributed by atoms with E-state index in [0.717, 1.165) is 38.8 Å². The maximum atomic E-state index is 6.46. The van der Waals surface area contributed by atoms with Gasteiger partial charge in [0.1, 0.15) is 11.2 Å². The number of furan rings is 1. The van der Waals surface area contributed by atoms with Crippen molar-refractivity contribution in [2.75, 3.05) is 0 Å². The average Bonchev–Trinajstić information content (AvgIpc) is 4.18. The fourth-order valence-corrected chi connectivity index (χ4v) is 12.8. The van der Waals surface area contributed by atoms with E-state index in [9.17, 15) is 0 Å². The van der Waals surface area contributed by atoms with E-state index < -0.39 is 0 Å². The van der Waals surface area contributed by atoms with Crippen LogP contribution < -0.4 is 0 Å². The fraction of sp³-hybridized carbons (Fsp3) is 0.0448. The second-order valence-electron chi connectivity index (χ2n) is 20.0. The molecule has 0 saturated heterocycles. The van der Waals surface area contributed by atoms with Crippen LogP contribution in [0.4, 0.5) is 0 Å². The lowest BCUT2D eigenvalue weighted by molar-refractivity contribution is 0.661. The summed E-state index contributed by atoms with van der Waals surface area (Å²) in [6, 6.07) is 81.2. The standard InChI is InChI=1S/C67H42N2O/c1-67(2)58-21-10-8-17-47(58)52-35-55-53-33-40(41-25-31-60-54(34-41)56-36-57-48-18-9-11-22-64(48)70-65(57)38-63(56)68(60)42-13-4-3-5-14-42)26-32-61(53)69(62(55)37-59(52)67)43-27-23-39(24-28-43)44-29-30-51-46-16-7-6-15-45(46)50-20-12-19-49(44)66(50)51/h3-38H,1-2H3. The second-order valence-corrected chi connectivity index (χ2v) is 20.0. The molecule has 0 fully saturated rings. The Morgan fingerprint density at radius 1 is 0.300 bits per heavy atom. The molecule has 326 valence electrons. The van der Waals surface area contributed by atoms with Gasteiger partial charge >= 0.3 is 0 Å². The largest absolute Gasteiger partial charge is 0.456 e. The van der Waals surface area contributed by atoms with Crippen molar-refractivity contribution in [1.29, 1.82) is 0 Å². The average molecular weight is 891 g/mol. The van der Waals surface area contributed by atoms with Crippen molar-refractivity contribution < 1.29 is 4.42 Å². The second kappa shape index (κ2) is 13.6. The molecule has 14 aromatic rings. The molecule has 0 bridgehead atoms. The first kappa shape index (κ1) is 38.1. The van der Waals surface area contributed by atoms with Crippen LogP contribution in [0.25, 0.3) is 143 Å². The quantitative estimate of drug-likeness (QED) is 0.173. The fourth-order valence-electron chi connectivity index (χ4n) is 12.8. The van der Waals surface area contributed by atoms with Crippen LogP contribution in [0.1, 0.15) is 25.0 Å². The van der Waals surface area contributed by atoms with Crippen molar-refractivity contribution in [3.8, 4) is 67.0 Å². The number of hydrogen-bond acceptors (Lipinski definition) is 1. The monoisotopic (exact) mass is 890 g/mol. The first-order valence-corrected chi connectivity index (χ1v) is 24.4. The Kier molecular flexibility index (Phi) is 7.41. The summed E-state index contributed by atoms with van der Waals surface area (Å²) in [7, 11) is 0. The summed E-state index contributed by atoms with van der Waals surface area (Å²) in [5, 5.41) is 9.85. The molecular weight excluding hydrogens is 849 g/mol. The van der Waals surface area contributed by atoms with Gasteiger partial charge in [0.05, 0.1) is 22.1 Å². The zero-order valence-electron chi connectivity index (χ0n) is 38.6. The number of rotatable bonds is 4. The Balaban J connectivity index is 0.892. The highest BCUT2D eigenvalue weighted by atomic mass is 16.3. The summed E-state index contributed by atoms with van der Waals surface area (Å²) in [5.74, 6) is 0. The van der Waals surface area contributed by atoms with Crippen molar-refractivity contribution in [3.05, 3.63) is 230 Å². The van der Waals surface area contributed by atoms with Crippen LogP contribution in [-0.2, 0) is 5.41 Å². The smallest absolute Gasteiger partial charge is 0.137 e. The Hall–Kier alpha value is -8.92. The predicted octanol–water partition coefficient (Wildman–Crippen LogP) is 18.2. The molecule has 3 nitrogen and oxygen atoms in total. The molecule has 0 aliphatic heterocycles. The third-order valence-corrected chi connectivity index (χ3v) is 16.1. The summed E-state index contributed by atoms with van der Waals surface area (Å²) in [4.78, 5) is 0. The summed E-state index contributed by atoms with van der Waals surface area (Å²) >= 11 is 0. The van der Waals surface area contributed by atoms with Crippen molar-refractivity contribution in [3.63, 3.8) is 0 Å².